The normalized spacial score (nSPS) is 13.5. The first-order chi connectivity index (χ1) is 10.1. The van der Waals surface area contributed by atoms with Crippen LogP contribution in [0.1, 0.15) is 85.5 Å². The molecule has 128 valence electrons. The Morgan fingerprint density at radius 3 is 1.71 bits per heavy atom. The molecule has 21 heavy (non-hydrogen) atoms. The van der Waals surface area contributed by atoms with E-state index < -0.39 is 5.69 Å². The van der Waals surface area contributed by atoms with Crippen LogP contribution in [0.15, 0.2) is 0 Å². The molecule has 0 aliphatic heterocycles. The van der Waals surface area contributed by atoms with Gasteiger partial charge in [0.25, 0.3) is 0 Å². The second-order valence-corrected chi connectivity index (χ2v) is 12.2. The quantitative estimate of drug-likeness (QED) is 0.234. The van der Waals surface area contributed by atoms with E-state index in [1.165, 1.54) is 38.5 Å². The maximum Gasteiger partial charge on any atom is 0.247 e. The molecule has 0 radical (unpaired) electrons. The maximum atomic E-state index is 6.02. The summed E-state index contributed by atoms with van der Waals surface area (Å²) in [6.45, 7) is 10.4. The molecule has 0 aromatic heterocycles. The molecule has 0 saturated carbocycles. The summed E-state index contributed by atoms with van der Waals surface area (Å²) >= 11 is 7.49. The summed E-state index contributed by atoms with van der Waals surface area (Å²) in [7, 11) is 0. The van der Waals surface area contributed by atoms with E-state index in [4.69, 9.17) is 20.9 Å². The van der Waals surface area contributed by atoms with Crippen molar-refractivity contribution in [1.82, 2.24) is 0 Å². The molecule has 0 saturated heterocycles. The minimum atomic E-state index is -2.14. The molecule has 1 atom stereocenters. The number of hydrogen-bond donors (Lipinski definition) is 0. The molecule has 1 unspecified atom stereocenters. The van der Waals surface area contributed by atoms with Gasteiger partial charge in [0.05, 0.1) is 13.2 Å². The Labute approximate surface area is 142 Å². The van der Waals surface area contributed by atoms with Crippen molar-refractivity contribution in [1.29, 1.82) is 0 Å². The fourth-order valence-corrected chi connectivity index (χ4v) is 7.65. The Morgan fingerprint density at radius 1 is 0.857 bits per heavy atom. The van der Waals surface area contributed by atoms with E-state index in [1.807, 2.05) is 0 Å². The largest absolute Gasteiger partial charge is 0.322 e. The predicted molar refractivity (Wildman–Crippen MR) is 102 cm³/mol. The molecule has 0 aliphatic rings. The van der Waals surface area contributed by atoms with E-state index in [0.717, 1.165) is 32.5 Å². The van der Waals surface area contributed by atoms with Gasteiger partial charge in [-0.05, 0) is 31.1 Å². The first-order valence-electron chi connectivity index (χ1n) is 8.65. The summed E-state index contributed by atoms with van der Waals surface area (Å²) in [4.78, 5) is 0. The van der Waals surface area contributed by atoms with Gasteiger partial charge in [0.1, 0.15) is 0 Å². The highest BCUT2D eigenvalue weighted by Crippen LogP contribution is 2.63. The first-order valence-corrected chi connectivity index (χ1v) is 12.8. The molecule has 0 heterocycles. The summed E-state index contributed by atoms with van der Waals surface area (Å²) in [5.41, 5.74) is -2.14. The summed E-state index contributed by atoms with van der Waals surface area (Å²) in [6, 6.07) is 0. The van der Waals surface area contributed by atoms with E-state index >= 15 is 0 Å². The van der Waals surface area contributed by atoms with Crippen molar-refractivity contribution in [3.05, 3.63) is 0 Å². The fraction of sp³-hybridized carbons (Fsp3) is 1.00. The zero-order valence-corrected chi connectivity index (χ0v) is 17.0. The average Bonchev–Trinajstić information content (AvgIpc) is 2.46. The van der Waals surface area contributed by atoms with Crippen LogP contribution in [0.25, 0.3) is 0 Å². The molecular formula is C16H35O2PS2. The van der Waals surface area contributed by atoms with E-state index in [2.05, 4.69) is 27.7 Å². The molecule has 0 fully saturated rings. The van der Waals surface area contributed by atoms with Crippen LogP contribution in [-0.2, 0) is 20.9 Å². The standard InChI is InChI=1S/C16H35O2PS2/c1-5-8-10-12-14-17-19(20,21-16(4)7-3)18-15-13-11-9-6-2/h16H,5-15H2,1-4H3. The monoisotopic (exact) mass is 354 g/mol. The van der Waals surface area contributed by atoms with Gasteiger partial charge < -0.3 is 9.05 Å². The number of rotatable bonds is 15. The van der Waals surface area contributed by atoms with E-state index in [0.29, 0.717) is 5.25 Å². The lowest BCUT2D eigenvalue weighted by Gasteiger charge is -2.24. The number of hydrogen-bond acceptors (Lipinski definition) is 4. The Kier molecular flexibility index (Phi) is 15.1. The highest BCUT2D eigenvalue weighted by molar-refractivity contribution is 8.68. The average molecular weight is 355 g/mol. The molecule has 0 aliphatic carbocycles. The van der Waals surface area contributed by atoms with Gasteiger partial charge in [-0.25, -0.2) is 0 Å². The van der Waals surface area contributed by atoms with Crippen molar-refractivity contribution >= 4 is 28.9 Å². The number of unbranched alkanes of at least 4 members (excludes halogenated alkanes) is 6. The lowest BCUT2D eigenvalue weighted by Crippen LogP contribution is -2.01. The Hall–Kier alpha value is 0.920. The van der Waals surface area contributed by atoms with E-state index in [-0.39, 0.29) is 0 Å². The lowest BCUT2D eigenvalue weighted by molar-refractivity contribution is 0.250. The highest BCUT2D eigenvalue weighted by Gasteiger charge is 2.22. The van der Waals surface area contributed by atoms with Crippen molar-refractivity contribution in [3.63, 3.8) is 0 Å². The van der Waals surface area contributed by atoms with Gasteiger partial charge in [-0.3, -0.25) is 0 Å². The second-order valence-electron chi connectivity index (χ2n) is 5.56. The van der Waals surface area contributed by atoms with Crippen molar-refractivity contribution in [2.75, 3.05) is 13.2 Å². The van der Waals surface area contributed by atoms with E-state index in [1.54, 1.807) is 11.4 Å². The molecule has 0 bridgehead atoms. The second kappa shape index (κ2) is 14.5. The van der Waals surface area contributed by atoms with Gasteiger partial charge >= 0.3 is 0 Å². The van der Waals surface area contributed by atoms with E-state index in [9.17, 15) is 0 Å². The first kappa shape index (κ1) is 21.9. The van der Waals surface area contributed by atoms with Gasteiger partial charge in [-0.2, -0.15) is 0 Å². The lowest BCUT2D eigenvalue weighted by atomic mass is 10.2. The van der Waals surface area contributed by atoms with Crippen LogP contribution in [-0.4, -0.2) is 18.5 Å². The third-order valence-corrected chi connectivity index (χ3v) is 9.22. The third-order valence-electron chi connectivity index (χ3n) is 3.38. The summed E-state index contributed by atoms with van der Waals surface area (Å²) in [5.74, 6) is 0. The summed E-state index contributed by atoms with van der Waals surface area (Å²) in [6.07, 6.45) is 10.9. The van der Waals surface area contributed by atoms with Crippen LogP contribution in [0.4, 0.5) is 0 Å². The van der Waals surface area contributed by atoms with Crippen LogP contribution >= 0.6 is 17.1 Å². The van der Waals surface area contributed by atoms with Gasteiger partial charge in [-0.1, -0.05) is 77.6 Å². The maximum absolute atomic E-state index is 6.02. The smallest absolute Gasteiger partial charge is 0.247 e. The third kappa shape index (κ3) is 13.1. The Morgan fingerprint density at radius 2 is 1.33 bits per heavy atom. The SMILES string of the molecule is CCCCCCOP(=S)(OCCCCCC)SC(C)CC. The Bertz CT molecular complexity index is 257. The zero-order chi connectivity index (χ0) is 16.0. The molecule has 0 spiro atoms. The van der Waals surface area contributed by atoms with Crippen LogP contribution in [0.5, 0.6) is 0 Å². The molecule has 0 aromatic carbocycles. The fourth-order valence-electron chi connectivity index (χ4n) is 1.80. The molecular weight excluding hydrogens is 319 g/mol. The van der Waals surface area contributed by atoms with Crippen LogP contribution in [0.3, 0.4) is 0 Å². The minimum absolute atomic E-state index is 0.516. The van der Waals surface area contributed by atoms with Crippen molar-refractivity contribution < 1.29 is 9.05 Å². The molecule has 0 amide bonds. The van der Waals surface area contributed by atoms with Gasteiger partial charge in [0, 0.05) is 5.25 Å². The van der Waals surface area contributed by atoms with Crippen LogP contribution in [0.2, 0.25) is 0 Å². The summed E-state index contributed by atoms with van der Waals surface area (Å²) < 4.78 is 12.0. The highest BCUT2D eigenvalue weighted by atomic mass is 32.9. The van der Waals surface area contributed by atoms with Crippen molar-refractivity contribution in [3.8, 4) is 0 Å². The molecule has 0 rings (SSSR count). The van der Waals surface area contributed by atoms with Crippen LogP contribution in [0, 0.1) is 0 Å². The Balaban J connectivity index is 4.11. The van der Waals surface area contributed by atoms with Crippen LogP contribution < -0.4 is 0 Å². The van der Waals surface area contributed by atoms with Gasteiger partial charge in [0.15, 0.2) is 0 Å². The van der Waals surface area contributed by atoms with Gasteiger partial charge in [-0.15, -0.1) is 0 Å². The summed E-state index contributed by atoms with van der Waals surface area (Å²) in [5, 5.41) is 0.516. The van der Waals surface area contributed by atoms with Gasteiger partial charge in [0.2, 0.25) is 5.69 Å². The molecule has 0 N–H and O–H groups in total. The zero-order valence-electron chi connectivity index (χ0n) is 14.4. The topological polar surface area (TPSA) is 18.5 Å². The predicted octanol–water partition coefficient (Wildman–Crippen LogP) is 6.94. The van der Waals surface area contributed by atoms with Crippen molar-refractivity contribution in [2.24, 2.45) is 0 Å². The molecule has 0 aromatic rings. The molecule has 5 heteroatoms. The van der Waals surface area contributed by atoms with Crippen molar-refractivity contribution in [2.45, 2.75) is 90.7 Å². The molecule has 2 nitrogen and oxygen atoms in total. The minimum Gasteiger partial charge on any atom is -0.322 e.